The predicted octanol–water partition coefficient (Wildman–Crippen LogP) is 1.02. The normalized spacial score (nSPS) is 11.7. The van der Waals surface area contributed by atoms with Crippen LogP contribution in [-0.4, -0.2) is 35.7 Å². The maximum Gasteiger partial charge on any atom is 0.363 e. The molecule has 1 aromatic rings. The quantitative estimate of drug-likeness (QED) is 0.581. The highest BCUT2D eigenvalue weighted by Crippen LogP contribution is 2.16. The van der Waals surface area contributed by atoms with Gasteiger partial charge in [-0.2, -0.15) is 4.31 Å². The van der Waals surface area contributed by atoms with Crippen LogP contribution in [0.15, 0.2) is 23.2 Å². The molecule has 0 saturated carbocycles. The van der Waals surface area contributed by atoms with E-state index in [-0.39, 0.29) is 10.7 Å². The molecule has 0 saturated heterocycles. The summed E-state index contributed by atoms with van der Waals surface area (Å²) >= 11 is 0. The van der Waals surface area contributed by atoms with E-state index in [2.05, 4.69) is 4.98 Å². The smallest absolute Gasteiger partial charge is 0.358 e. The van der Waals surface area contributed by atoms with Crippen LogP contribution in [-0.2, 0) is 10.0 Å². The van der Waals surface area contributed by atoms with Crippen molar-refractivity contribution in [3.8, 4) is 0 Å². The van der Waals surface area contributed by atoms with E-state index in [1.165, 1.54) is 10.4 Å². The van der Waals surface area contributed by atoms with Gasteiger partial charge in [-0.15, -0.1) is 0 Å². The first kappa shape index (κ1) is 13.5. The molecule has 0 unspecified atom stereocenters. The second kappa shape index (κ2) is 5.19. The second-order valence-electron chi connectivity index (χ2n) is 3.20. The van der Waals surface area contributed by atoms with E-state index in [1.54, 1.807) is 13.8 Å². The first-order chi connectivity index (χ1) is 7.93. The molecule has 0 bridgehead atoms. The zero-order valence-corrected chi connectivity index (χ0v) is 10.3. The number of hydrogen-bond donors (Lipinski definition) is 0. The zero-order valence-electron chi connectivity index (χ0n) is 9.53. The largest absolute Gasteiger partial charge is 0.363 e. The van der Waals surface area contributed by atoms with Crippen molar-refractivity contribution < 1.29 is 13.3 Å². The Kier molecular flexibility index (Phi) is 4.13. The number of nitro groups is 1. The van der Waals surface area contributed by atoms with Gasteiger partial charge in [-0.25, -0.2) is 8.42 Å². The minimum Gasteiger partial charge on any atom is -0.358 e. The highest BCUT2D eigenvalue weighted by molar-refractivity contribution is 7.89. The summed E-state index contributed by atoms with van der Waals surface area (Å²) in [6, 6.07) is 2.27. The van der Waals surface area contributed by atoms with Gasteiger partial charge >= 0.3 is 5.82 Å². The van der Waals surface area contributed by atoms with Gasteiger partial charge in [0.05, 0.1) is 0 Å². The lowest BCUT2D eigenvalue weighted by Gasteiger charge is -2.17. The lowest BCUT2D eigenvalue weighted by Crippen LogP contribution is -2.30. The molecular formula is C9H13N3O4S. The molecule has 0 spiro atoms. The molecule has 8 heteroatoms. The van der Waals surface area contributed by atoms with Crippen LogP contribution in [0.25, 0.3) is 0 Å². The van der Waals surface area contributed by atoms with E-state index in [9.17, 15) is 18.5 Å². The Morgan fingerprint density at radius 1 is 1.35 bits per heavy atom. The molecule has 0 aromatic carbocycles. The number of pyridine rings is 1. The molecule has 0 atom stereocenters. The van der Waals surface area contributed by atoms with Crippen molar-refractivity contribution >= 4 is 15.8 Å². The Morgan fingerprint density at radius 2 is 1.94 bits per heavy atom. The summed E-state index contributed by atoms with van der Waals surface area (Å²) in [6.07, 6.45) is 1.01. The minimum absolute atomic E-state index is 0.0354. The van der Waals surface area contributed by atoms with Gasteiger partial charge in [0.2, 0.25) is 10.0 Å². The highest BCUT2D eigenvalue weighted by Gasteiger charge is 2.23. The molecule has 1 aromatic heterocycles. The fourth-order valence-corrected chi connectivity index (χ4v) is 2.75. The van der Waals surface area contributed by atoms with Crippen LogP contribution < -0.4 is 0 Å². The summed E-state index contributed by atoms with van der Waals surface area (Å²) < 4.78 is 25.2. The number of hydrogen-bond acceptors (Lipinski definition) is 5. The molecule has 0 radical (unpaired) electrons. The van der Waals surface area contributed by atoms with Crippen LogP contribution in [0.1, 0.15) is 13.8 Å². The third-order valence-corrected chi connectivity index (χ3v) is 4.28. The number of rotatable bonds is 5. The summed E-state index contributed by atoms with van der Waals surface area (Å²) in [4.78, 5) is 13.2. The molecule has 94 valence electrons. The van der Waals surface area contributed by atoms with Crippen LogP contribution in [0.5, 0.6) is 0 Å². The molecule has 1 heterocycles. The Balaban J connectivity index is 3.12. The summed E-state index contributed by atoms with van der Waals surface area (Å²) in [5.74, 6) is -0.372. The summed E-state index contributed by atoms with van der Waals surface area (Å²) in [5, 5.41) is 10.4. The van der Waals surface area contributed by atoms with Gasteiger partial charge in [-0.3, -0.25) is 0 Å². The van der Waals surface area contributed by atoms with Gasteiger partial charge in [0.25, 0.3) is 0 Å². The van der Waals surface area contributed by atoms with E-state index < -0.39 is 14.9 Å². The SMILES string of the molecule is CCN(CC)S(=O)(=O)c1ccc([N+](=O)[O-])nc1. The van der Waals surface area contributed by atoms with Gasteiger partial charge in [0, 0.05) is 19.2 Å². The topological polar surface area (TPSA) is 93.4 Å². The zero-order chi connectivity index (χ0) is 13.1. The number of nitrogens with zero attached hydrogens (tertiary/aromatic N) is 3. The van der Waals surface area contributed by atoms with Gasteiger partial charge in [0.1, 0.15) is 4.90 Å². The molecule has 0 aliphatic rings. The van der Waals surface area contributed by atoms with Crippen molar-refractivity contribution in [2.24, 2.45) is 0 Å². The first-order valence-electron chi connectivity index (χ1n) is 5.04. The Bertz CT molecular complexity index is 493. The summed E-state index contributed by atoms with van der Waals surface area (Å²) in [7, 11) is -3.60. The average molecular weight is 259 g/mol. The number of sulfonamides is 1. The Morgan fingerprint density at radius 3 is 2.29 bits per heavy atom. The van der Waals surface area contributed by atoms with Crippen LogP contribution in [0.3, 0.4) is 0 Å². The average Bonchev–Trinajstić information content (AvgIpc) is 2.30. The van der Waals surface area contributed by atoms with Crippen molar-refractivity contribution in [1.29, 1.82) is 0 Å². The van der Waals surface area contributed by atoms with Crippen LogP contribution in [0, 0.1) is 10.1 Å². The van der Waals surface area contributed by atoms with E-state index in [0.29, 0.717) is 13.1 Å². The van der Waals surface area contributed by atoms with E-state index in [1.807, 2.05) is 0 Å². The van der Waals surface area contributed by atoms with Gasteiger partial charge in [0.15, 0.2) is 6.20 Å². The number of aromatic nitrogens is 1. The van der Waals surface area contributed by atoms with Crippen molar-refractivity contribution in [2.45, 2.75) is 18.7 Å². The van der Waals surface area contributed by atoms with Crippen molar-refractivity contribution in [3.63, 3.8) is 0 Å². The fraction of sp³-hybridized carbons (Fsp3) is 0.444. The van der Waals surface area contributed by atoms with Crippen molar-refractivity contribution in [2.75, 3.05) is 13.1 Å². The molecule has 0 amide bonds. The summed E-state index contributed by atoms with van der Waals surface area (Å²) in [6.45, 7) is 4.13. The van der Waals surface area contributed by atoms with Gasteiger partial charge in [-0.05, 0) is 16.0 Å². The summed E-state index contributed by atoms with van der Waals surface area (Å²) in [5.41, 5.74) is 0. The molecule has 0 fully saturated rings. The molecule has 0 aliphatic carbocycles. The molecular weight excluding hydrogens is 246 g/mol. The molecule has 17 heavy (non-hydrogen) atoms. The molecule has 1 rings (SSSR count). The molecule has 7 nitrogen and oxygen atoms in total. The van der Waals surface area contributed by atoms with Crippen LogP contribution in [0.4, 0.5) is 5.82 Å². The lowest BCUT2D eigenvalue weighted by atomic mass is 10.5. The van der Waals surface area contributed by atoms with E-state index in [4.69, 9.17) is 0 Å². The fourth-order valence-electron chi connectivity index (χ4n) is 1.35. The van der Waals surface area contributed by atoms with Gasteiger partial charge in [-0.1, -0.05) is 13.8 Å². The Hall–Kier alpha value is -1.54. The standard InChI is InChI=1S/C9H13N3O4S/c1-3-11(4-2)17(15,16)8-5-6-9(10-7-8)12(13)14/h5-7H,3-4H2,1-2H3. The molecule has 0 aliphatic heterocycles. The predicted molar refractivity (Wildman–Crippen MR) is 61.0 cm³/mol. The van der Waals surface area contributed by atoms with Crippen LogP contribution >= 0.6 is 0 Å². The maximum atomic E-state index is 12.0. The third kappa shape index (κ3) is 2.77. The van der Waals surface area contributed by atoms with Crippen LogP contribution in [0.2, 0.25) is 0 Å². The Labute approximate surface area is 99.3 Å². The second-order valence-corrected chi connectivity index (χ2v) is 5.14. The third-order valence-electron chi connectivity index (χ3n) is 2.25. The first-order valence-corrected chi connectivity index (χ1v) is 6.48. The maximum absolute atomic E-state index is 12.0. The molecule has 0 N–H and O–H groups in total. The van der Waals surface area contributed by atoms with Gasteiger partial charge < -0.3 is 10.1 Å². The van der Waals surface area contributed by atoms with E-state index in [0.717, 1.165) is 12.3 Å². The van der Waals surface area contributed by atoms with Crippen molar-refractivity contribution in [1.82, 2.24) is 9.29 Å². The lowest BCUT2D eigenvalue weighted by molar-refractivity contribution is -0.389. The monoisotopic (exact) mass is 259 g/mol. The van der Waals surface area contributed by atoms with Crippen molar-refractivity contribution in [3.05, 3.63) is 28.4 Å². The van der Waals surface area contributed by atoms with E-state index >= 15 is 0 Å². The minimum atomic E-state index is -3.60. The highest BCUT2D eigenvalue weighted by atomic mass is 32.2.